The Kier molecular flexibility index (Phi) is 5.26. The average molecular weight is 462 g/mol. The molecule has 1 aliphatic rings. The maximum Gasteiger partial charge on any atom is 0.259 e. The Balaban J connectivity index is 1.55. The van der Waals surface area contributed by atoms with Gasteiger partial charge in [-0.1, -0.05) is 44.2 Å². The second kappa shape index (κ2) is 8.13. The molecule has 3 aromatic carbocycles. The fourth-order valence-corrected chi connectivity index (χ4v) is 6.00. The lowest BCUT2D eigenvalue weighted by Gasteiger charge is -2.20. The van der Waals surface area contributed by atoms with Crippen molar-refractivity contribution in [2.24, 2.45) is 0 Å². The lowest BCUT2D eigenvalue weighted by Crippen LogP contribution is -2.30. The minimum absolute atomic E-state index is 0.183. The van der Waals surface area contributed by atoms with E-state index >= 15 is 0 Å². The fourth-order valence-electron chi connectivity index (χ4n) is 4.36. The molecule has 168 valence electrons. The highest BCUT2D eigenvalue weighted by Gasteiger charge is 2.34. The van der Waals surface area contributed by atoms with Gasteiger partial charge < -0.3 is 9.32 Å². The van der Waals surface area contributed by atoms with E-state index in [0.717, 1.165) is 5.56 Å². The van der Waals surface area contributed by atoms with Crippen molar-refractivity contribution in [2.45, 2.75) is 25.3 Å². The van der Waals surface area contributed by atoms with E-state index in [1.807, 2.05) is 44.2 Å². The van der Waals surface area contributed by atoms with Gasteiger partial charge in [0, 0.05) is 35.0 Å². The van der Waals surface area contributed by atoms with Crippen LogP contribution in [0.1, 0.15) is 29.9 Å². The van der Waals surface area contributed by atoms with E-state index in [1.54, 1.807) is 41.5 Å². The molecular weight excluding hydrogens is 438 g/mol. The van der Waals surface area contributed by atoms with E-state index in [1.165, 1.54) is 4.31 Å². The van der Waals surface area contributed by atoms with Gasteiger partial charge in [0.2, 0.25) is 15.9 Å². The van der Waals surface area contributed by atoms with Crippen molar-refractivity contribution in [1.29, 1.82) is 0 Å². The molecule has 0 saturated heterocycles. The predicted molar refractivity (Wildman–Crippen MR) is 127 cm³/mol. The van der Waals surface area contributed by atoms with Gasteiger partial charge in [0.15, 0.2) is 0 Å². The normalized spacial score (nSPS) is 13.4. The molecule has 4 aromatic rings. The number of carbonyl (C=O) groups excluding carboxylic acids is 1. The van der Waals surface area contributed by atoms with Crippen LogP contribution in [0, 0.1) is 0 Å². The molecule has 0 spiro atoms. The van der Waals surface area contributed by atoms with Crippen LogP contribution >= 0.6 is 0 Å². The summed E-state index contributed by atoms with van der Waals surface area (Å²) in [5.74, 6) is 0.304. The molecular formula is C25H23N3O4S. The maximum atomic E-state index is 13.3. The van der Waals surface area contributed by atoms with Gasteiger partial charge in [-0.25, -0.2) is 13.4 Å². The zero-order chi connectivity index (χ0) is 23.2. The number of rotatable bonds is 7. The molecule has 0 radical (unpaired) electrons. The number of benzene rings is 3. The molecule has 1 aliphatic heterocycles. The summed E-state index contributed by atoms with van der Waals surface area (Å²) in [4.78, 5) is 19.7. The van der Waals surface area contributed by atoms with Crippen LogP contribution in [0.15, 0.2) is 76.2 Å². The van der Waals surface area contributed by atoms with Crippen LogP contribution in [-0.4, -0.2) is 36.7 Å². The van der Waals surface area contributed by atoms with E-state index < -0.39 is 10.0 Å². The number of oxazole rings is 1. The Morgan fingerprint density at radius 1 is 0.970 bits per heavy atom. The third-order valence-electron chi connectivity index (χ3n) is 5.96. The van der Waals surface area contributed by atoms with Crippen LogP contribution in [-0.2, 0) is 16.6 Å². The summed E-state index contributed by atoms with van der Waals surface area (Å²) in [7, 11) is -3.68. The number of aromatic nitrogens is 1. The Hall–Kier alpha value is -3.49. The van der Waals surface area contributed by atoms with E-state index in [0.29, 0.717) is 46.7 Å². The van der Waals surface area contributed by atoms with Gasteiger partial charge in [-0.2, -0.15) is 4.31 Å². The van der Waals surface area contributed by atoms with Crippen molar-refractivity contribution in [1.82, 2.24) is 9.29 Å². The van der Waals surface area contributed by atoms with Crippen molar-refractivity contribution in [2.75, 3.05) is 18.0 Å². The Morgan fingerprint density at radius 2 is 1.73 bits per heavy atom. The molecule has 1 aromatic heterocycles. The molecule has 8 heteroatoms. The van der Waals surface area contributed by atoms with Gasteiger partial charge >= 0.3 is 0 Å². The summed E-state index contributed by atoms with van der Waals surface area (Å²) in [6.45, 7) is 4.61. The van der Waals surface area contributed by atoms with Crippen LogP contribution in [0.2, 0.25) is 0 Å². The summed E-state index contributed by atoms with van der Waals surface area (Å²) in [5.41, 5.74) is 2.63. The van der Waals surface area contributed by atoms with Crippen LogP contribution in [0.4, 0.5) is 5.69 Å². The molecule has 2 heterocycles. The first kappa shape index (κ1) is 21.4. The highest BCUT2D eigenvalue weighted by atomic mass is 32.2. The molecule has 0 atom stereocenters. The van der Waals surface area contributed by atoms with Gasteiger partial charge in [-0.05, 0) is 30.3 Å². The zero-order valence-electron chi connectivity index (χ0n) is 18.4. The van der Waals surface area contributed by atoms with Gasteiger partial charge in [0.25, 0.3) is 5.91 Å². The van der Waals surface area contributed by atoms with Crippen molar-refractivity contribution in [3.05, 3.63) is 78.2 Å². The fraction of sp³-hybridized carbons (Fsp3) is 0.200. The second-order valence-electron chi connectivity index (χ2n) is 7.80. The van der Waals surface area contributed by atoms with Crippen molar-refractivity contribution in [3.63, 3.8) is 0 Å². The summed E-state index contributed by atoms with van der Waals surface area (Å²) in [5, 5.41) is 1.21. The SMILES string of the molecule is CCN(CC)S(=O)(=O)c1ccc2c3c(cccc13)C(=O)N2Cc1coc(-c2ccccc2)n1. The Bertz CT molecular complexity index is 1460. The number of carbonyl (C=O) groups is 1. The Morgan fingerprint density at radius 3 is 2.45 bits per heavy atom. The average Bonchev–Trinajstić information content (AvgIpc) is 3.40. The van der Waals surface area contributed by atoms with Crippen LogP contribution in [0.5, 0.6) is 0 Å². The number of sulfonamides is 1. The lowest BCUT2D eigenvalue weighted by atomic mass is 10.1. The summed E-state index contributed by atoms with van der Waals surface area (Å²) in [6, 6.07) is 18.1. The van der Waals surface area contributed by atoms with Gasteiger partial charge in [-0.15, -0.1) is 0 Å². The number of nitrogens with zero attached hydrogens (tertiary/aromatic N) is 3. The minimum atomic E-state index is -3.68. The molecule has 5 rings (SSSR count). The van der Waals surface area contributed by atoms with E-state index in [9.17, 15) is 13.2 Å². The molecule has 0 bridgehead atoms. The molecule has 7 nitrogen and oxygen atoms in total. The maximum absolute atomic E-state index is 13.3. The van der Waals surface area contributed by atoms with Crippen molar-refractivity contribution in [3.8, 4) is 11.5 Å². The first-order valence-electron chi connectivity index (χ1n) is 10.8. The smallest absolute Gasteiger partial charge is 0.259 e. The van der Waals surface area contributed by atoms with E-state index in [-0.39, 0.29) is 17.3 Å². The molecule has 0 saturated carbocycles. The van der Waals surface area contributed by atoms with Crippen LogP contribution < -0.4 is 4.90 Å². The molecule has 1 amide bonds. The zero-order valence-corrected chi connectivity index (χ0v) is 19.2. The first-order chi connectivity index (χ1) is 16.0. The van der Waals surface area contributed by atoms with E-state index in [2.05, 4.69) is 4.98 Å². The van der Waals surface area contributed by atoms with Crippen molar-refractivity contribution < 1.29 is 17.6 Å². The number of hydrogen-bond acceptors (Lipinski definition) is 5. The van der Waals surface area contributed by atoms with E-state index in [4.69, 9.17) is 4.42 Å². The second-order valence-corrected chi connectivity index (χ2v) is 9.71. The monoisotopic (exact) mass is 461 g/mol. The third-order valence-corrected chi connectivity index (χ3v) is 8.07. The number of hydrogen-bond donors (Lipinski definition) is 0. The highest BCUT2D eigenvalue weighted by Crippen LogP contribution is 2.41. The topological polar surface area (TPSA) is 83.7 Å². The number of anilines is 1. The largest absolute Gasteiger partial charge is 0.444 e. The quantitative estimate of drug-likeness (QED) is 0.399. The Labute approximate surface area is 192 Å². The van der Waals surface area contributed by atoms with Gasteiger partial charge in [-0.3, -0.25) is 4.79 Å². The summed E-state index contributed by atoms with van der Waals surface area (Å²) >= 11 is 0. The number of amides is 1. The molecule has 0 unspecified atom stereocenters. The summed E-state index contributed by atoms with van der Waals surface area (Å²) < 4.78 is 33.5. The standard InChI is InChI=1S/C25H23N3O4S/c1-3-27(4-2)33(30,31)22-14-13-21-23-19(22)11-8-12-20(23)25(29)28(21)15-18-16-32-24(26-18)17-9-6-5-7-10-17/h5-14,16H,3-4,15H2,1-2H3. The minimum Gasteiger partial charge on any atom is -0.444 e. The first-order valence-corrected chi connectivity index (χ1v) is 12.3. The van der Waals surface area contributed by atoms with Crippen molar-refractivity contribution >= 4 is 32.4 Å². The summed E-state index contributed by atoms with van der Waals surface area (Å²) in [6.07, 6.45) is 1.55. The molecule has 0 N–H and O–H groups in total. The van der Waals surface area contributed by atoms with Crippen LogP contribution in [0.3, 0.4) is 0 Å². The highest BCUT2D eigenvalue weighted by molar-refractivity contribution is 7.89. The predicted octanol–water partition coefficient (Wildman–Crippen LogP) is 4.69. The van der Waals surface area contributed by atoms with Crippen LogP contribution in [0.25, 0.3) is 22.2 Å². The molecule has 0 aliphatic carbocycles. The third kappa shape index (κ3) is 3.42. The lowest BCUT2D eigenvalue weighted by molar-refractivity contribution is 0.0991. The molecule has 0 fully saturated rings. The van der Waals surface area contributed by atoms with Gasteiger partial charge in [0.05, 0.1) is 22.8 Å². The van der Waals surface area contributed by atoms with Gasteiger partial charge in [0.1, 0.15) is 6.26 Å². The molecule has 33 heavy (non-hydrogen) atoms.